The van der Waals surface area contributed by atoms with Crippen LogP contribution in [0.1, 0.15) is 36.4 Å². The van der Waals surface area contributed by atoms with Crippen LogP contribution in [0.25, 0.3) is 0 Å². The summed E-state index contributed by atoms with van der Waals surface area (Å²) in [5.74, 6) is -0.195. The highest BCUT2D eigenvalue weighted by Gasteiger charge is 2.21. The molecule has 3 N–H and O–H groups in total. The molecular weight excluding hydrogens is 344 g/mol. The maximum atomic E-state index is 12.6. The van der Waals surface area contributed by atoms with Gasteiger partial charge in [-0.2, -0.15) is 0 Å². The van der Waals surface area contributed by atoms with Crippen molar-refractivity contribution in [1.29, 1.82) is 0 Å². The van der Waals surface area contributed by atoms with Crippen LogP contribution in [0.15, 0.2) is 45.9 Å². The Kier molecular flexibility index (Phi) is 6.22. The van der Waals surface area contributed by atoms with Crippen molar-refractivity contribution < 1.29 is 22.7 Å². The Morgan fingerprint density at radius 1 is 1.28 bits per heavy atom. The zero-order valence-corrected chi connectivity index (χ0v) is 15.0. The lowest BCUT2D eigenvalue weighted by Gasteiger charge is -2.14. The first-order valence-electron chi connectivity index (χ1n) is 7.93. The predicted octanol–water partition coefficient (Wildman–Crippen LogP) is 2.91. The normalized spacial score (nSPS) is 11.6. The summed E-state index contributed by atoms with van der Waals surface area (Å²) in [5, 5.41) is 12.1. The van der Waals surface area contributed by atoms with E-state index in [2.05, 4.69) is 10.0 Å². The number of aromatic carboxylic acids is 1. The van der Waals surface area contributed by atoms with Gasteiger partial charge < -0.3 is 14.8 Å². The van der Waals surface area contributed by atoms with Gasteiger partial charge in [0, 0.05) is 6.54 Å². The van der Waals surface area contributed by atoms with Gasteiger partial charge in [0.2, 0.25) is 10.0 Å². The van der Waals surface area contributed by atoms with Crippen LogP contribution in [0.4, 0.5) is 5.69 Å². The van der Waals surface area contributed by atoms with Gasteiger partial charge >= 0.3 is 5.97 Å². The average Bonchev–Trinajstić information content (AvgIpc) is 3.05. The molecule has 7 nitrogen and oxygen atoms in total. The molecule has 0 spiro atoms. The Bertz CT molecular complexity index is 814. The topological polar surface area (TPSA) is 109 Å². The lowest BCUT2D eigenvalue weighted by Crippen LogP contribution is -2.26. The van der Waals surface area contributed by atoms with Gasteiger partial charge in [-0.1, -0.05) is 13.8 Å². The molecule has 1 aromatic carbocycles. The maximum Gasteiger partial charge on any atom is 0.335 e. The number of benzene rings is 1. The van der Waals surface area contributed by atoms with Crippen molar-refractivity contribution in [3.05, 3.63) is 47.9 Å². The number of anilines is 1. The largest absolute Gasteiger partial charge is 0.478 e. The summed E-state index contributed by atoms with van der Waals surface area (Å²) >= 11 is 0. The van der Waals surface area contributed by atoms with Crippen molar-refractivity contribution in [3.63, 3.8) is 0 Å². The number of carboxylic acids is 1. The third-order valence-electron chi connectivity index (χ3n) is 3.57. The van der Waals surface area contributed by atoms with Crippen molar-refractivity contribution in [2.24, 2.45) is 5.92 Å². The molecule has 8 heteroatoms. The predicted molar refractivity (Wildman–Crippen MR) is 94.1 cm³/mol. The van der Waals surface area contributed by atoms with Crippen LogP contribution in [0.3, 0.4) is 0 Å². The second kappa shape index (κ2) is 8.17. The second-order valence-electron chi connectivity index (χ2n) is 6.03. The van der Waals surface area contributed by atoms with Crippen molar-refractivity contribution in [2.45, 2.75) is 31.7 Å². The first kappa shape index (κ1) is 19.0. The molecular formula is C17H22N2O5S. The maximum absolute atomic E-state index is 12.6. The SMILES string of the molecule is CC(C)CCNS(=O)(=O)c1cc(C(=O)O)ccc1NCc1ccco1. The summed E-state index contributed by atoms with van der Waals surface area (Å²) in [6, 6.07) is 7.46. The van der Waals surface area contributed by atoms with E-state index in [0.29, 0.717) is 23.8 Å². The molecule has 0 fully saturated rings. The van der Waals surface area contributed by atoms with Crippen LogP contribution in [0, 0.1) is 5.92 Å². The number of rotatable bonds is 9. The van der Waals surface area contributed by atoms with Crippen LogP contribution in [0.2, 0.25) is 0 Å². The van der Waals surface area contributed by atoms with Crippen molar-refractivity contribution >= 4 is 21.7 Å². The number of hydrogen-bond acceptors (Lipinski definition) is 5. The fourth-order valence-corrected chi connectivity index (χ4v) is 3.43. The monoisotopic (exact) mass is 366 g/mol. The molecule has 0 radical (unpaired) electrons. The van der Waals surface area contributed by atoms with Gasteiger partial charge in [0.25, 0.3) is 0 Å². The van der Waals surface area contributed by atoms with E-state index in [1.54, 1.807) is 12.1 Å². The molecule has 25 heavy (non-hydrogen) atoms. The van der Waals surface area contributed by atoms with Crippen LogP contribution in [-0.4, -0.2) is 26.0 Å². The van der Waals surface area contributed by atoms with Gasteiger partial charge in [-0.25, -0.2) is 17.9 Å². The third kappa shape index (κ3) is 5.33. The van der Waals surface area contributed by atoms with E-state index < -0.39 is 16.0 Å². The summed E-state index contributed by atoms with van der Waals surface area (Å²) in [4.78, 5) is 11.1. The third-order valence-corrected chi connectivity index (χ3v) is 5.07. The van der Waals surface area contributed by atoms with Crippen LogP contribution in [-0.2, 0) is 16.6 Å². The summed E-state index contributed by atoms with van der Waals surface area (Å²) in [6.07, 6.45) is 2.21. The fraction of sp³-hybridized carbons (Fsp3) is 0.353. The van der Waals surface area contributed by atoms with Crippen molar-refractivity contribution in [3.8, 4) is 0 Å². The fourth-order valence-electron chi connectivity index (χ4n) is 2.18. The molecule has 1 aromatic heterocycles. The van der Waals surface area contributed by atoms with Gasteiger partial charge in [0.15, 0.2) is 0 Å². The Hall–Kier alpha value is -2.32. The van der Waals surface area contributed by atoms with E-state index >= 15 is 0 Å². The molecule has 0 amide bonds. The summed E-state index contributed by atoms with van der Waals surface area (Å²) < 4.78 is 32.9. The first-order chi connectivity index (χ1) is 11.8. The molecule has 136 valence electrons. The highest BCUT2D eigenvalue weighted by molar-refractivity contribution is 7.89. The minimum absolute atomic E-state index is 0.0900. The molecule has 0 atom stereocenters. The first-order valence-corrected chi connectivity index (χ1v) is 9.41. The molecule has 0 unspecified atom stereocenters. The van der Waals surface area contributed by atoms with E-state index in [1.165, 1.54) is 18.4 Å². The van der Waals surface area contributed by atoms with E-state index in [0.717, 1.165) is 6.07 Å². The summed E-state index contributed by atoms with van der Waals surface area (Å²) in [6.45, 7) is 4.56. The zero-order chi connectivity index (χ0) is 18.4. The number of hydrogen-bond donors (Lipinski definition) is 3. The zero-order valence-electron chi connectivity index (χ0n) is 14.2. The summed E-state index contributed by atoms with van der Waals surface area (Å²) in [5.41, 5.74) is 0.228. The van der Waals surface area contributed by atoms with Gasteiger partial charge in [0.05, 0.1) is 24.1 Å². The van der Waals surface area contributed by atoms with Crippen LogP contribution >= 0.6 is 0 Å². The molecule has 0 aliphatic carbocycles. The Morgan fingerprint density at radius 3 is 2.64 bits per heavy atom. The molecule has 0 aliphatic heterocycles. The molecule has 0 bridgehead atoms. The number of sulfonamides is 1. The van der Waals surface area contributed by atoms with Gasteiger partial charge in [-0.3, -0.25) is 0 Å². The van der Waals surface area contributed by atoms with Gasteiger partial charge in [-0.05, 0) is 42.7 Å². The van der Waals surface area contributed by atoms with Gasteiger partial charge in [0.1, 0.15) is 10.7 Å². The minimum Gasteiger partial charge on any atom is -0.478 e. The average molecular weight is 366 g/mol. The number of furan rings is 1. The van der Waals surface area contributed by atoms with Gasteiger partial charge in [-0.15, -0.1) is 0 Å². The quantitative estimate of drug-likeness (QED) is 0.630. The van der Waals surface area contributed by atoms with Crippen LogP contribution < -0.4 is 10.0 Å². The Morgan fingerprint density at radius 2 is 2.04 bits per heavy atom. The highest BCUT2D eigenvalue weighted by Crippen LogP contribution is 2.24. The summed E-state index contributed by atoms with van der Waals surface area (Å²) in [7, 11) is -3.84. The minimum atomic E-state index is -3.84. The molecule has 2 rings (SSSR count). The molecule has 0 saturated heterocycles. The van der Waals surface area contributed by atoms with E-state index in [-0.39, 0.29) is 23.5 Å². The Balaban J connectivity index is 2.27. The lowest BCUT2D eigenvalue weighted by molar-refractivity contribution is 0.0696. The van der Waals surface area contributed by atoms with Crippen molar-refractivity contribution in [2.75, 3.05) is 11.9 Å². The Labute approximate surface area is 147 Å². The van der Waals surface area contributed by atoms with E-state index in [9.17, 15) is 13.2 Å². The van der Waals surface area contributed by atoms with Crippen molar-refractivity contribution in [1.82, 2.24) is 4.72 Å². The number of nitrogens with one attached hydrogen (secondary N) is 2. The smallest absolute Gasteiger partial charge is 0.335 e. The molecule has 1 heterocycles. The molecule has 0 aliphatic rings. The van der Waals surface area contributed by atoms with E-state index in [4.69, 9.17) is 9.52 Å². The highest BCUT2D eigenvalue weighted by atomic mass is 32.2. The number of carbonyl (C=O) groups is 1. The lowest BCUT2D eigenvalue weighted by atomic mass is 10.1. The van der Waals surface area contributed by atoms with Crippen LogP contribution in [0.5, 0.6) is 0 Å². The molecule has 0 saturated carbocycles. The molecule has 2 aromatic rings. The van der Waals surface area contributed by atoms with E-state index in [1.807, 2.05) is 13.8 Å². The second-order valence-corrected chi connectivity index (χ2v) is 7.76. The standard InChI is InChI=1S/C17H22N2O5S/c1-12(2)7-8-19-25(22,23)16-10-13(17(20)21)5-6-15(16)18-11-14-4-3-9-24-14/h3-6,9-10,12,18-19H,7-8,11H2,1-2H3,(H,20,21). The number of carboxylic acid groups (broad SMARTS) is 1.